The van der Waals surface area contributed by atoms with Gasteiger partial charge in [0.05, 0.1) is 12.2 Å². The van der Waals surface area contributed by atoms with Gasteiger partial charge in [0.25, 0.3) is 0 Å². The summed E-state index contributed by atoms with van der Waals surface area (Å²) in [6.45, 7) is 8.37. The Labute approximate surface area is 164 Å². The zero-order valence-electron chi connectivity index (χ0n) is 16.1. The summed E-state index contributed by atoms with van der Waals surface area (Å²) in [7, 11) is 0. The molecule has 0 radical (unpaired) electrons. The Morgan fingerprint density at radius 2 is 2.11 bits per heavy atom. The van der Waals surface area contributed by atoms with Gasteiger partial charge in [0.15, 0.2) is 11.8 Å². The molecule has 142 valence electrons. The Morgan fingerprint density at radius 3 is 2.74 bits per heavy atom. The second-order valence-corrected chi connectivity index (χ2v) is 7.35. The first kappa shape index (κ1) is 19.1. The normalized spacial score (nSPS) is 11.6. The van der Waals surface area contributed by atoms with Crippen LogP contribution in [0.5, 0.6) is 0 Å². The maximum absolute atomic E-state index is 4.66. The standard InChI is InChI=1S/C20H26N6S/c1-4-21-20(22-10-9-18-6-5-11-27-18)24-14-17-7-8-19(23-13-17)26-16(3)12-15(2)25-26/h5-8,11-13H,4,9-10,14H2,1-3H3,(H2,21,22,24). The molecule has 0 saturated carbocycles. The highest BCUT2D eigenvalue weighted by Gasteiger charge is 2.05. The van der Waals surface area contributed by atoms with E-state index >= 15 is 0 Å². The molecule has 0 spiro atoms. The fourth-order valence-corrected chi connectivity index (χ4v) is 3.48. The van der Waals surface area contributed by atoms with Crippen molar-refractivity contribution < 1.29 is 0 Å². The number of aryl methyl sites for hydroxylation is 2. The molecule has 0 aliphatic heterocycles. The SMILES string of the molecule is CCNC(=NCc1ccc(-n2nc(C)cc2C)nc1)NCCc1cccs1. The van der Waals surface area contributed by atoms with Crippen LogP contribution in [0, 0.1) is 13.8 Å². The van der Waals surface area contributed by atoms with Gasteiger partial charge in [0.1, 0.15) is 0 Å². The van der Waals surface area contributed by atoms with Crippen molar-refractivity contribution in [1.29, 1.82) is 0 Å². The minimum absolute atomic E-state index is 0.582. The molecule has 27 heavy (non-hydrogen) atoms. The van der Waals surface area contributed by atoms with Gasteiger partial charge in [-0.3, -0.25) is 0 Å². The largest absolute Gasteiger partial charge is 0.357 e. The Kier molecular flexibility index (Phi) is 6.59. The van der Waals surface area contributed by atoms with Gasteiger partial charge in [-0.25, -0.2) is 14.7 Å². The number of aliphatic imine (C=N–C) groups is 1. The summed E-state index contributed by atoms with van der Waals surface area (Å²) < 4.78 is 1.86. The molecule has 0 aliphatic rings. The summed E-state index contributed by atoms with van der Waals surface area (Å²) in [6, 6.07) is 10.3. The van der Waals surface area contributed by atoms with Crippen LogP contribution in [0.2, 0.25) is 0 Å². The summed E-state index contributed by atoms with van der Waals surface area (Å²) in [4.78, 5) is 10.6. The van der Waals surface area contributed by atoms with Crippen molar-refractivity contribution in [3.05, 3.63) is 63.7 Å². The van der Waals surface area contributed by atoms with Crippen LogP contribution < -0.4 is 10.6 Å². The summed E-state index contributed by atoms with van der Waals surface area (Å²) in [5.41, 5.74) is 3.14. The number of nitrogens with zero attached hydrogens (tertiary/aromatic N) is 4. The number of thiophene rings is 1. The maximum Gasteiger partial charge on any atom is 0.191 e. The average Bonchev–Trinajstić information content (AvgIpc) is 3.29. The molecule has 0 aliphatic carbocycles. The second-order valence-electron chi connectivity index (χ2n) is 6.31. The minimum atomic E-state index is 0.582. The second kappa shape index (κ2) is 9.32. The van der Waals surface area contributed by atoms with Gasteiger partial charge in [-0.15, -0.1) is 11.3 Å². The third-order valence-electron chi connectivity index (χ3n) is 4.04. The lowest BCUT2D eigenvalue weighted by atomic mass is 10.3. The number of hydrogen-bond donors (Lipinski definition) is 2. The van der Waals surface area contributed by atoms with Crippen LogP contribution in [0.15, 0.2) is 46.9 Å². The van der Waals surface area contributed by atoms with Crippen LogP contribution in [-0.4, -0.2) is 33.8 Å². The fraction of sp³-hybridized carbons (Fsp3) is 0.350. The molecule has 3 heterocycles. The van der Waals surface area contributed by atoms with Crippen molar-refractivity contribution >= 4 is 17.3 Å². The molecule has 0 atom stereocenters. The van der Waals surface area contributed by atoms with E-state index in [2.05, 4.69) is 56.2 Å². The van der Waals surface area contributed by atoms with Crippen LogP contribution in [0.1, 0.15) is 28.8 Å². The van der Waals surface area contributed by atoms with E-state index in [1.165, 1.54) is 4.88 Å². The molecular formula is C20H26N6S. The van der Waals surface area contributed by atoms with Crippen molar-refractivity contribution in [3.63, 3.8) is 0 Å². The number of hydrogen-bond acceptors (Lipinski definition) is 4. The predicted molar refractivity (Wildman–Crippen MR) is 112 cm³/mol. The predicted octanol–water partition coefficient (Wildman–Crippen LogP) is 3.24. The van der Waals surface area contributed by atoms with E-state index in [0.29, 0.717) is 6.54 Å². The Hall–Kier alpha value is -2.67. The first-order chi connectivity index (χ1) is 13.2. The number of rotatable bonds is 7. The molecule has 6 nitrogen and oxygen atoms in total. The quantitative estimate of drug-likeness (QED) is 0.486. The lowest BCUT2D eigenvalue weighted by Gasteiger charge is -2.11. The van der Waals surface area contributed by atoms with Crippen molar-refractivity contribution in [2.75, 3.05) is 13.1 Å². The average molecular weight is 383 g/mol. The molecule has 2 N–H and O–H groups in total. The zero-order valence-corrected chi connectivity index (χ0v) is 16.9. The van der Waals surface area contributed by atoms with Gasteiger partial charge in [-0.05, 0) is 56.3 Å². The summed E-state index contributed by atoms with van der Waals surface area (Å²) >= 11 is 1.78. The van der Waals surface area contributed by atoms with Gasteiger partial charge in [-0.1, -0.05) is 12.1 Å². The minimum Gasteiger partial charge on any atom is -0.357 e. The van der Waals surface area contributed by atoms with E-state index in [1.54, 1.807) is 11.3 Å². The highest BCUT2D eigenvalue weighted by Crippen LogP contribution is 2.11. The van der Waals surface area contributed by atoms with E-state index in [9.17, 15) is 0 Å². The first-order valence-electron chi connectivity index (χ1n) is 9.19. The highest BCUT2D eigenvalue weighted by atomic mass is 32.1. The smallest absolute Gasteiger partial charge is 0.191 e. The molecule has 0 fully saturated rings. The molecule has 0 saturated heterocycles. The maximum atomic E-state index is 4.66. The van der Waals surface area contributed by atoms with Gasteiger partial charge in [0.2, 0.25) is 0 Å². The van der Waals surface area contributed by atoms with E-state index < -0.39 is 0 Å². The van der Waals surface area contributed by atoms with Gasteiger partial charge in [0, 0.05) is 29.9 Å². The first-order valence-corrected chi connectivity index (χ1v) is 10.1. The highest BCUT2D eigenvalue weighted by molar-refractivity contribution is 7.09. The number of aromatic nitrogens is 3. The van der Waals surface area contributed by atoms with Crippen molar-refractivity contribution in [2.24, 2.45) is 4.99 Å². The molecule has 3 rings (SSSR count). The van der Waals surface area contributed by atoms with Crippen molar-refractivity contribution in [2.45, 2.75) is 33.7 Å². The molecule has 0 aromatic carbocycles. The summed E-state index contributed by atoms with van der Waals surface area (Å²) in [6.07, 6.45) is 2.87. The lowest BCUT2D eigenvalue weighted by Crippen LogP contribution is -2.38. The molecule has 7 heteroatoms. The molecule has 3 aromatic heterocycles. The number of pyridine rings is 1. The molecule has 3 aromatic rings. The van der Waals surface area contributed by atoms with E-state index in [-0.39, 0.29) is 0 Å². The molecule has 0 bridgehead atoms. The Morgan fingerprint density at radius 1 is 1.22 bits per heavy atom. The summed E-state index contributed by atoms with van der Waals surface area (Å²) in [5, 5.41) is 13.3. The topological polar surface area (TPSA) is 67.1 Å². The molecular weight excluding hydrogens is 356 g/mol. The Bertz CT molecular complexity index is 865. The van der Waals surface area contributed by atoms with Gasteiger partial charge < -0.3 is 10.6 Å². The van der Waals surface area contributed by atoms with Crippen LogP contribution in [0.25, 0.3) is 5.82 Å². The number of guanidine groups is 1. The third-order valence-corrected chi connectivity index (χ3v) is 4.98. The monoisotopic (exact) mass is 382 g/mol. The molecule has 0 unspecified atom stereocenters. The number of nitrogens with one attached hydrogen (secondary N) is 2. The Balaban J connectivity index is 1.59. The molecule has 0 amide bonds. The summed E-state index contributed by atoms with van der Waals surface area (Å²) in [5.74, 6) is 1.66. The van der Waals surface area contributed by atoms with Gasteiger partial charge >= 0.3 is 0 Å². The van der Waals surface area contributed by atoms with Crippen molar-refractivity contribution in [1.82, 2.24) is 25.4 Å². The van der Waals surface area contributed by atoms with E-state index in [4.69, 9.17) is 0 Å². The van der Waals surface area contributed by atoms with Crippen LogP contribution >= 0.6 is 11.3 Å². The zero-order chi connectivity index (χ0) is 19.1. The van der Waals surface area contributed by atoms with Crippen LogP contribution in [0.3, 0.4) is 0 Å². The van der Waals surface area contributed by atoms with Crippen LogP contribution in [-0.2, 0) is 13.0 Å². The van der Waals surface area contributed by atoms with E-state index in [0.717, 1.165) is 48.2 Å². The fourth-order valence-electron chi connectivity index (χ4n) is 2.77. The lowest BCUT2D eigenvalue weighted by molar-refractivity contribution is 0.797. The third kappa shape index (κ3) is 5.40. The van der Waals surface area contributed by atoms with Gasteiger partial charge in [-0.2, -0.15) is 5.10 Å². The van der Waals surface area contributed by atoms with Crippen LogP contribution in [0.4, 0.5) is 0 Å². The van der Waals surface area contributed by atoms with Crippen molar-refractivity contribution in [3.8, 4) is 5.82 Å². The van der Waals surface area contributed by atoms with E-state index in [1.807, 2.05) is 36.9 Å².